The molecule has 8 nitrogen and oxygen atoms in total. The summed E-state index contributed by atoms with van der Waals surface area (Å²) in [6.07, 6.45) is 2.29. The van der Waals surface area contributed by atoms with Crippen molar-refractivity contribution in [2.24, 2.45) is 16.6 Å². The van der Waals surface area contributed by atoms with Gasteiger partial charge in [0.15, 0.2) is 17.5 Å². The van der Waals surface area contributed by atoms with E-state index in [0.29, 0.717) is 38.1 Å². The summed E-state index contributed by atoms with van der Waals surface area (Å²) in [5, 5.41) is 3.28. The number of hydrogen-bond acceptors (Lipinski definition) is 5. The number of nitrogens with zero attached hydrogens (tertiary/aromatic N) is 2. The molecule has 1 aromatic rings. The van der Waals surface area contributed by atoms with E-state index in [1.165, 1.54) is 5.56 Å². The first-order valence-corrected chi connectivity index (χ1v) is 10.2. The van der Waals surface area contributed by atoms with Gasteiger partial charge in [0.25, 0.3) is 0 Å². The van der Waals surface area contributed by atoms with Crippen molar-refractivity contribution in [1.82, 2.24) is 10.2 Å². The van der Waals surface area contributed by atoms with Gasteiger partial charge >= 0.3 is 6.09 Å². The summed E-state index contributed by atoms with van der Waals surface area (Å²) < 4.78 is 15.7. The Kier molecular flexibility index (Phi) is 8.89. The lowest BCUT2D eigenvalue weighted by Crippen LogP contribution is -2.48. The second-order valence-electron chi connectivity index (χ2n) is 7.33. The molecule has 0 saturated carbocycles. The molecule has 2 rings (SSSR count). The normalized spacial score (nSPS) is 16.3. The van der Waals surface area contributed by atoms with Crippen LogP contribution in [0.1, 0.15) is 32.3 Å². The molecule has 1 amide bonds. The van der Waals surface area contributed by atoms with Gasteiger partial charge in [0.2, 0.25) is 0 Å². The molecule has 0 bridgehead atoms. The van der Waals surface area contributed by atoms with Crippen molar-refractivity contribution in [1.29, 1.82) is 0 Å². The number of carbonyl (C=O) groups excluding carboxylic acids is 1. The van der Waals surface area contributed by atoms with Crippen molar-refractivity contribution >= 4 is 12.1 Å². The zero-order valence-electron chi connectivity index (χ0n) is 17.9. The van der Waals surface area contributed by atoms with Crippen molar-refractivity contribution in [2.45, 2.75) is 39.2 Å². The van der Waals surface area contributed by atoms with E-state index < -0.39 is 0 Å². The number of ether oxygens (including phenoxy) is 3. The molecule has 0 aliphatic carbocycles. The van der Waals surface area contributed by atoms with Gasteiger partial charge in [-0.05, 0) is 49.8 Å². The second-order valence-corrected chi connectivity index (χ2v) is 7.33. The van der Waals surface area contributed by atoms with E-state index in [-0.39, 0.29) is 12.1 Å². The number of amides is 1. The molecule has 1 saturated heterocycles. The maximum atomic E-state index is 11.8. The fourth-order valence-electron chi connectivity index (χ4n) is 3.40. The van der Waals surface area contributed by atoms with Crippen LogP contribution in [0.3, 0.4) is 0 Å². The maximum absolute atomic E-state index is 11.8. The van der Waals surface area contributed by atoms with Gasteiger partial charge in [0.1, 0.15) is 0 Å². The van der Waals surface area contributed by atoms with E-state index >= 15 is 0 Å². The Morgan fingerprint density at radius 2 is 1.97 bits per heavy atom. The third kappa shape index (κ3) is 7.03. The van der Waals surface area contributed by atoms with E-state index in [0.717, 1.165) is 30.8 Å². The number of hydrogen-bond donors (Lipinski definition) is 2. The first kappa shape index (κ1) is 22.6. The minimum Gasteiger partial charge on any atom is -0.493 e. The van der Waals surface area contributed by atoms with Crippen LogP contribution in [0.25, 0.3) is 0 Å². The zero-order valence-corrected chi connectivity index (χ0v) is 17.9. The molecule has 1 fully saturated rings. The lowest BCUT2D eigenvalue weighted by molar-refractivity contribution is 0.0963. The van der Waals surface area contributed by atoms with Crippen LogP contribution < -0.4 is 20.5 Å². The number of nitrogens with two attached hydrogens (primary N) is 1. The molecule has 1 aliphatic rings. The fraction of sp³-hybridized carbons (Fsp3) is 0.619. The van der Waals surface area contributed by atoms with Crippen LogP contribution in [0.4, 0.5) is 4.79 Å². The number of methoxy groups -OCH3 is 2. The van der Waals surface area contributed by atoms with Gasteiger partial charge in [-0.25, -0.2) is 4.79 Å². The van der Waals surface area contributed by atoms with Crippen molar-refractivity contribution < 1.29 is 19.0 Å². The molecule has 3 N–H and O–H groups in total. The van der Waals surface area contributed by atoms with E-state index in [1.54, 1.807) is 19.1 Å². The summed E-state index contributed by atoms with van der Waals surface area (Å²) in [6.45, 7) is 6.33. The van der Waals surface area contributed by atoms with Crippen molar-refractivity contribution in [3.8, 4) is 11.5 Å². The summed E-state index contributed by atoms with van der Waals surface area (Å²) in [5.74, 6) is 2.25. The molecule has 162 valence electrons. The summed E-state index contributed by atoms with van der Waals surface area (Å²) in [7, 11) is 3.27. The number of benzene rings is 1. The van der Waals surface area contributed by atoms with Gasteiger partial charge < -0.3 is 30.2 Å². The average Bonchev–Trinajstić information content (AvgIpc) is 2.73. The molecule has 0 spiro atoms. The number of likely N-dealkylation sites (tertiary alicyclic amines) is 1. The lowest BCUT2D eigenvalue weighted by atomic mass is 10.0. The first-order valence-electron chi connectivity index (χ1n) is 10.2. The van der Waals surface area contributed by atoms with E-state index in [4.69, 9.17) is 19.9 Å². The van der Waals surface area contributed by atoms with Gasteiger partial charge in [0.05, 0.1) is 20.8 Å². The molecule has 1 aromatic carbocycles. The van der Waals surface area contributed by atoms with Crippen LogP contribution in [0.2, 0.25) is 0 Å². The van der Waals surface area contributed by atoms with Crippen LogP contribution in [0.15, 0.2) is 23.2 Å². The summed E-state index contributed by atoms with van der Waals surface area (Å²) in [4.78, 5) is 18.0. The van der Waals surface area contributed by atoms with Crippen molar-refractivity contribution in [2.75, 3.05) is 40.5 Å². The molecule has 8 heteroatoms. The summed E-state index contributed by atoms with van der Waals surface area (Å²) >= 11 is 0. The lowest BCUT2D eigenvalue weighted by Gasteiger charge is -2.31. The van der Waals surface area contributed by atoms with Crippen LogP contribution in [-0.4, -0.2) is 63.5 Å². The van der Waals surface area contributed by atoms with E-state index in [2.05, 4.69) is 17.2 Å². The fourth-order valence-corrected chi connectivity index (χ4v) is 3.40. The SMILES string of the molecule is CCOC(=O)N1CCC(NC(N)=NCC(C)Cc2ccc(OC)c(OC)c2)CC1. The number of guanidine groups is 1. The molecule has 1 unspecified atom stereocenters. The molecule has 1 aliphatic heterocycles. The minimum atomic E-state index is -0.239. The van der Waals surface area contributed by atoms with Crippen molar-refractivity contribution in [3.63, 3.8) is 0 Å². The van der Waals surface area contributed by atoms with E-state index in [1.807, 2.05) is 25.1 Å². The Labute approximate surface area is 173 Å². The molecule has 1 heterocycles. The highest BCUT2D eigenvalue weighted by atomic mass is 16.6. The Morgan fingerprint density at radius 3 is 2.59 bits per heavy atom. The molecule has 29 heavy (non-hydrogen) atoms. The standard InChI is InChI=1S/C21H34N4O4/c1-5-29-21(26)25-10-8-17(9-11-25)24-20(22)23-14-15(2)12-16-6-7-18(27-3)19(13-16)28-4/h6-7,13,15,17H,5,8-12,14H2,1-4H3,(H3,22,23,24). The zero-order chi connectivity index (χ0) is 21.2. The van der Waals surface area contributed by atoms with Crippen molar-refractivity contribution in [3.05, 3.63) is 23.8 Å². The second kappa shape index (κ2) is 11.4. The predicted molar refractivity (Wildman–Crippen MR) is 114 cm³/mol. The van der Waals surface area contributed by atoms with Gasteiger partial charge in [-0.3, -0.25) is 4.99 Å². The number of piperidine rings is 1. The highest BCUT2D eigenvalue weighted by Crippen LogP contribution is 2.28. The Hall–Kier alpha value is -2.64. The first-order chi connectivity index (χ1) is 14.0. The number of aliphatic imine (C=N–C) groups is 1. The number of nitrogens with one attached hydrogen (secondary N) is 1. The van der Waals surface area contributed by atoms with E-state index in [9.17, 15) is 4.79 Å². The van der Waals surface area contributed by atoms with Crippen LogP contribution in [-0.2, 0) is 11.2 Å². The van der Waals surface area contributed by atoms with Gasteiger partial charge in [-0.2, -0.15) is 0 Å². The highest BCUT2D eigenvalue weighted by molar-refractivity contribution is 5.78. The molecular weight excluding hydrogens is 372 g/mol. The summed E-state index contributed by atoms with van der Waals surface area (Å²) in [5.41, 5.74) is 7.24. The Balaban J connectivity index is 1.77. The molecule has 0 radical (unpaired) electrons. The average molecular weight is 407 g/mol. The topological polar surface area (TPSA) is 98.4 Å². The minimum absolute atomic E-state index is 0.227. The summed E-state index contributed by atoms with van der Waals surface area (Å²) in [6, 6.07) is 6.19. The smallest absolute Gasteiger partial charge is 0.409 e. The van der Waals surface area contributed by atoms with Crippen LogP contribution >= 0.6 is 0 Å². The van der Waals surface area contributed by atoms with Gasteiger partial charge in [0, 0.05) is 25.7 Å². The molecular formula is C21H34N4O4. The van der Waals surface area contributed by atoms with Crippen LogP contribution in [0.5, 0.6) is 11.5 Å². The Bertz CT molecular complexity index is 687. The van der Waals surface area contributed by atoms with Crippen LogP contribution in [0, 0.1) is 5.92 Å². The van der Waals surface area contributed by atoms with Gasteiger partial charge in [-0.15, -0.1) is 0 Å². The number of rotatable bonds is 8. The largest absolute Gasteiger partial charge is 0.493 e. The third-order valence-corrected chi connectivity index (χ3v) is 4.98. The highest BCUT2D eigenvalue weighted by Gasteiger charge is 2.23. The Morgan fingerprint density at radius 1 is 1.28 bits per heavy atom. The monoisotopic (exact) mass is 406 g/mol. The van der Waals surface area contributed by atoms with Gasteiger partial charge in [-0.1, -0.05) is 13.0 Å². The quantitative estimate of drug-likeness (QED) is 0.508. The maximum Gasteiger partial charge on any atom is 0.409 e. The molecule has 1 atom stereocenters. The predicted octanol–water partition coefficient (Wildman–Crippen LogP) is 2.41. The number of carbonyl (C=O) groups is 1. The molecule has 0 aromatic heterocycles. The third-order valence-electron chi connectivity index (χ3n) is 4.98.